The van der Waals surface area contributed by atoms with Gasteiger partial charge in [-0.15, -0.1) is 0 Å². The van der Waals surface area contributed by atoms with Gasteiger partial charge in [0.05, 0.1) is 44.2 Å². The molecule has 0 aromatic heterocycles. The minimum atomic E-state index is -0.205. The van der Waals surface area contributed by atoms with Gasteiger partial charge in [0.1, 0.15) is 0 Å². The molecular formula is C43H58O5. The van der Waals surface area contributed by atoms with E-state index in [0.29, 0.717) is 61.4 Å². The second-order valence-electron chi connectivity index (χ2n) is 16.8. The Morgan fingerprint density at radius 3 is 2.31 bits per heavy atom. The van der Waals surface area contributed by atoms with E-state index in [-0.39, 0.29) is 35.1 Å². The summed E-state index contributed by atoms with van der Waals surface area (Å²) in [6.07, 6.45) is 11.2. The topological polar surface area (TPSA) is 54.0 Å². The van der Waals surface area contributed by atoms with E-state index in [0.717, 1.165) is 32.1 Å². The first-order valence-electron chi connectivity index (χ1n) is 18.9. The fourth-order valence-electron chi connectivity index (χ4n) is 11.5. The first-order chi connectivity index (χ1) is 23.2. The lowest BCUT2D eigenvalue weighted by Gasteiger charge is -2.63. The molecule has 5 heteroatoms. The lowest BCUT2D eigenvalue weighted by molar-refractivity contribution is -0.197. The molecule has 5 fully saturated rings. The van der Waals surface area contributed by atoms with Crippen molar-refractivity contribution < 1.29 is 23.7 Å². The Morgan fingerprint density at radius 1 is 0.938 bits per heavy atom. The molecule has 0 bridgehead atoms. The Morgan fingerprint density at radius 2 is 1.62 bits per heavy atom. The molecule has 0 radical (unpaired) electrons. The standard InChI is InChI=1S/C43H58O5/c1-28(25-45-30(3)44)16-19-37-29(2)40-38(48-37)23-36-35-18-17-33-22-34(46-26-31-12-8-6-9-13-31)20-21-42(33,4)41(35)39(24-43(36,40)5)47-27-32-14-10-7-11-15-32/h6-15,28,33-41H,2,16-27H2,1,3-5H3/t28-,33+,34-,35+,36+,37+,38+,39+,40+,41-,42+,43+/m1/s1. The molecule has 260 valence electrons. The fourth-order valence-corrected chi connectivity index (χ4v) is 11.5. The third-order valence-electron chi connectivity index (χ3n) is 13.8. The monoisotopic (exact) mass is 654 g/mol. The van der Waals surface area contributed by atoms with Crippen LogP contribution in [0.25, 0.3) is 0 Å². The molecule has 1 aliphatic heterocycles. The lowest BCUT2D eigenvalue weighted by Crippen LogP contribution is -2.59. The highest BCUT2D eigenvalue weighted by Gasteiger charge is 2.67. The average Bonchev–Trinajstić information content (AvgIpc) is 3.57. The van der Waals surface area contributed by atoms with Gasteiger partial charge in [-0.2, -0.15) is 0 Å². The summed E-state index contributed by atoms with van der Waals surface area (Å²) in [4.78, 5) is 11.3. The van der Waals surface area contributed by atoms with Gasteiger partial charge in [-0.1, -0.05) is 88.0 Å². The highest BCUT2D eigenvalue weighted by atomic mass is 16.5. The summed E-state index contributed by atoms with van der Waals surface area (Å²) in [6.45, 7) is 15.5. The molecule has 5 nitrogen and oxygen atoms in total. The molecule has 1 heterocycles. The Kier molecular flexibility index (Phi) is 9.94. The average molecular weight is 655 g/mol. The van der Waals surface area contributed by atoms with E-state index >= 15 is 0 Å². The maximum atomic E-state index is 11.3. The molecule has 4 saturated carbocycles. The Labute approximate surface area is 289 Å². The van der Waals surface area contributed by atoms with Crippen molar-refractivity contribution in [3.63, 3.8) is 0 Å². The Bertz CT molecular complexity index is 1410. The van der Waals surface area contributed by atoms with Crippen LogP contribution >= 0.6 is 0 Å². The maximum Gasteiger partial charge on any atom is 0.302 e. The third kappa shape index (κ3) is 6.56. The van der Waals surface area contributed by atoms with Gasteiger partial charge in [0, 0.05) is 12.8 Å². The van der Waals surface area contributed by atoms with Crippen LogP contribution in [-0.4, -0.2) is 37.0 Å². The van der Waals surface area contributed by atoms with Crippen LogP contribution in [0.3, 0.4) is 0 Å². The quantitative estimate of drug-likeness (QED) is 0.179. The van der Waals surface area contributed by atoms with Gasteiger partial charge in [-0.3, -0.25) is 4.79 Å². The first kappa shape index (κ1) is 34.0. The van der Waals surface area contributed by atoms with Crippen molar-refractivity contribution in [2.24, 2.45) is 46.3 Å². The molecule has 0 unspecified atom stereocenters. The number of carbonyl (C=O) groups is 1. The van der Waals surface area contributed by atoms with Crippen LogP contribution in [0.5, 0.6) is 0 Å². The van der Waals surface area contributed by atoms with Gasteiger partial charge in [0.15, 0.2) is 0 Å². The van der Waals surface area contributed by atoms with E-state index in [2.05, 4.69) is 81.4 Å². The Hall–Kier alpha value is -2.47. The molecule has 0 N–H and O–H groups in total. The molecule has 0 amide bonds. The number of esters is 1. The highest BCUT2D eigenvalue weighted by Crippen LogP contribution is 2.70. The molecule has 0 spiro atoms. The van der Waals surface area contributed by atoms with Gasteiger partial charge < -0.3 is 18.9 Å². The van der Waals surface area contributed by atoms with Crippen molar-refractivity contribution in [1.82, 2.24) is 0 Å². The number of fused-ring (bicyclic) bond motifs is 7. The summed E-state index contributed by atoms with van der Waals surface area (Å²) in [5, 5.41) is 0. The highest BCUT2D eigenvalue weighted by molar-refractivity contribution is 5.65. The number of ether oxygens (including phenoxy) is 4. The maximum absolute atomic E-state index is 11.3. The molecule has 2 aromatic carbocycles. The second kappa shape index (κ2) is 14.0. The Balaban J connectivity index is 1.08. The summed E-state index contributed by atoms with van der Waals surface area (Å²) in [6, 6.07) is 21.4. The number of hydrogen-bond acceptors (Lipinski definition) is 5. The predicted molar refractivity (Wildman–Crippen MR) is 189 cm³/mol. The van der Waals surface area contributed by atoms with Crippen molar-refractivity contribution in [3.8, 4) is 0 Å². The zero-order chi connectivity index (χ0) is 33.5. The van der Waals surface area contributed by atoms with Gasteiger partial charge in [-0.05, 0) is 115 Å². The van der Waals surface area contributed by atoms with Crippen LogP contribution in [0.1, 0.15) is 96.6 Å². The van der Waals surface area contributed by atoms with Crippen LogP contribution in [0.2, 0.25) is 0 Å². The number of benzene rings is 2. The SMILES string of the molecule is C=C1[C@H](CC[C@@H](C)COC(C)=O)O[C@H]2C[C@H]3[C@@H]4CC[C@H]5C[C@H](OCc6ccccc6)CC[C@]5(C)[C@H]4[C@@H](OCc4ccccc4)C[C@]3(C)[C@@H]12. The van der Waals surface area contributed by atoms with Crippen molar-refractivity contribution in [2.75, 3.05) is 6.61 Å². The van der Waals surface area contributed by atoms with Crippen molar-refractivity contribution in [3.05, 3.63) is 83.9 Å². The third-order valence-corrected chi connectivity index (χ3v) is 13.8. The van der Waals surface area contributed by atoms with Gasteiger partial charge in [0.25, 0.3) is 0 Å². The first-order valence-corrected chi connectivity index (χ1v) is 18.9. The minimum absolute atomic E-state index is 0.0957. The molecule has 2 aromatic rings. The van der Waals surface area contributed by atoms with E-state index in [9.17, 15) is 4.79 Å². The van der Waals surface area contributed by atoms with E-state index in [1.165, 1.54) is 49.3 Å². The smallest absolute Gasteiger partial charge is 0.302 e. The molecule has 7 rings (SSSR count). The van der Waals surface area contributed by atoms with Gasteiger partial charge in [0.2, 0.25) is 0 Å². The summed E-state index contributed by atoms with van der Waals surface area (Å²) < 4.78 is 25.9. The van der Waals surface area contributed by atoms with Crippen molar-refractivity contribution in [2.45, 2.75) is 123 Å². The van der Waals surface area contributed by atoms with Crippen molar-refractivity contribution >= 4 is 5.97 Å². The summed E-state index contributed by atoms with van der Waals surface area (Å²) in [7, 11) is 0. The van der Waals surface area contributed by atoms with Crippen molar-refractivity contribution in [1.29, 1.82) is 0 Å². The molecule has 12 atom stereocenters. The van der Waals surface area contributed by atoms with Crippen LogP contribution in [0.4, 0.5) is 0 Å². The van der Waals surface area contributed by atoms with Crippen LogP contribution in [0.15, 0.2) is 72.8 Å². The summed E-state index contributed by atoms with van der Waals surface area (Å²) >= 11 is 0. The van der Waals surface area contributed by atoms with Crippen LogP contribution in [0, 0.1) is 46.3 Å². The minimum Gasteiger partial charge on any atom is -0.466 e. The molecule has 4 aliphatic carbocycles. The molecular weight excluding hydrogens is 596 g/mol. The van der Waals surface area contributed by atoms with E-state index in [4.69, 9.17) is 25.5 Å². The number of hydrogen-bond donors (Lipinski definition) is 0. The lowest BCUT2D eigenvalue weighted by atomic mass is 9.43. The second-order valence-corrected chi connectivity index (χ2v) is 16.8. The van der Waals surface area contributed by atoms with Gasteiger partial charge >= 0.3 is 5.97 Å². The molecule has 48 heavy (non-hydrogen) atoms. The summed E-state index contributed by atoms with van der Waals surface area (Å²) in [5.74, 6) is 3.01. The normalized spacial score (nSPS) is 39.2. The number of rotatable bonds is 11. The zero-order valence-electron chi connectivity index (χ0n) is 29.8. The summed E-state index contributed by atoms with van der Waals surface area (Å²) in [5.41, 5.74) is 4.22. The number of carbonyl (C=O) groups excluding carboxylic acids is 1. The largest absolute Gasteiger partial charge is 0.466 e. The van der Waals surface area contributed by atoms with E-state index in [1.807, 2.05) is 0 Å². The fraction of sp³-hybridized carbons (Fsp3) is 0.651. The van der Waals surface area contributed by atoms with Gasteiger partial charge in [-0.25, -0.2) is 0 Å². The zero-order valence-corrected chi connectivity index (χ0v) is 29.8. The molecule has 1 saturated heterocycles. The van der Waals surface area contributed by atoms with E-state index < -0.39 is 0 Å². The predicted octanol–water partition coefficient (Wildman–Crippen LogP) is 9.34. The van der Waals surface area contributed by atoms with Crippen LogP contribution in [-0.2, 0) is 37.0 Å². The molecule has 5 aliphatic rings. The van der Waals surface area contributed by atoms with E-state index in [1.54, 1.807) is 0 Å². The van der Waals surface area contributed by atoms with Crippen LogP contribution < -0.4 is 0 Å².